The summed E-state index contributed by atoms with van der Waals surface area (Å²) in [6.07, 6.45) is 0. The largest absolute Gasteiger partial charge is 0.507 e. The van der Waals surface area contributed by atoms with Crippen LogP contribution in [0.5, 0.6) is 5.75 Å². The zero-order valence-electron chi connectivity index (χ0n) is 7.88. The number of rotatable bonds is 2. The van der Waals surface area contributed by atoms with E-state index in [0.29, 0.717) is 17.1 Å². The highest BCUT2D eigenvalue weighted by Gasteiger charge is 2.04. The highest BCUT2D eigenvalue weighted by molar-refractivity contribution is 5.66. The Kier molecular flexibility index (Phi) is 2.47. The Balaban J connectivity index is 2.42. The van der Waals surface area contributed by atoms with Crippen molar-refractivity contribution in [2.24, 2.45) is 5.84 Å². The molecule has 0 aliphatic heterocycles. The molecule has 0 fully saturated rings. The molecule has 0 saturated carbocycles. The smallest absolute Gasteiger partial charge is 0.162 e. The molecule has 0 aliphatic carbocycles. The van der Waals surface area contributed by atoms with Crippen LogP contribution in [0.2, 0.25) is 0 Å². The Hall–Kier alpha value is -2.14. The van der Waals surface area contributed by atoms with Crippen LogP contribution in [0.25, 0.3) is 11.3 Å². The van der Waals surface area contributed by atoms with E-state index in [-0.39, 0.29) is 5.75 Å². The summed E-state index contributed by atoms with van der Waals surface area (Å²) >= 11 is 0. The van der Waals surface area contributed by atoms with E-state index in [2.05, 4.69) is 15.6 Å². The molecule has 0 bridgehead atoms. The Bertz CT molecular complexity index is 455. The summed E-state index contributed by atoms with van der Waals surface area (Å²) in [5.74, 6) is 5.83. The van der Waals surface area contributed by atoms with Gasteiger partial charge in [0.25, 0.3) is 0 Å². The quantitative estimate of drug-likeness (QED) is 0.502. The maximum atomic E-state index is 9.58. The van der Waals surface area contributed by atoms with Gasteiger partial charge in [-0.1, -0.05) is 12.1 Å². The third-order valence-electron chi connectivity index (χ3n) is 1.99. The molecule has 5 heteroatoms. The number of nitrogens with two attached hydrogens (primary N) is 1. The van der Waals surface area contributed by atoms with Gasteiger partial charge in [-0.3, -0.25) is 0 Å². The highest BCUT2D eigenvalue weighted by Crippen LogP contribution is 2.26. The number of aromatic hydroxyl groups is 1. The molecule has 1 aromatic carbocycles. The summed E-state index contributed by atoms with van der Waals surface area (Å²) in [5.41, 5.74) is 3.63. The molecule has 4 N–H and O–H groups in total. The fourth-order valence-electron chi connectivity index (χ4n) is 1.24. The molecule has 5 nitrogen and oxygen atoms in total. The van der Waals surface area contributed by atoms with Crippen molar-refractivity contribution in [3.63, 3.8) is 0 Å². The number of hydrazine groups is 1. The minimum absolute atomic E-state index is 0.181. The number of para-hydroxylation sites is 1. The van der Waals surface area contributed by atoms with Crippen molar-refractivity contribution < 1.29 is 5.11 Å². The Labute approximate surface area is 86.6 Å². The Morgan fingerprint density at radius 2 is 1.87 bits per heavy atom. The van der Waals surface area contributed by atoms with Gasteiger partial charge in [0.05, 0.1) is 5.69 Å². The van der Waals surface area contributed by atoms with Crippen LogP contribution in [-0.2, 0) is 0 Å². The Morgan fingerprint density at radius 1 is 1.07 bits per heavy atom. The standard InChI is InChI=1S/C10H10N4O/c11-12-10-6-5-8(13-14-10)7-3-1-2-4-9(7)15/h1-6,15H,11H2,(H,12,14). The van der Waals surface area contributed by atoms with Gasteiger partial charge in [-0.2, -0.15) is 0 Å². The number of hydrogen-bond acceptors (Lipinski definition) is 5. The van der Waals surface area contributed by atoms with Gasteiger partial charge >= 0.3 is 0 Å². The predicted molar refractivity (Wildman–Crippen MR) is 56.9 cm³/mol. The van der Waals surface area contributed by atoms with E-state index in [9.17, 15) is 5.11 Å². The average Bonchev–Trinajstić information content (AvgIpc) is 2.30. The van der Waals surface area contributed by atoms with E-state index in [1.54, 1.807) is 30.3 Å². The number of anilines is 1. The van der Waals surface area contributed by atoms with E-state index < -0.39 is 0 Å². The van der Waals surface area contributed by atoms with Crippen LogP contribution in [0.4, 0.5) is 5.82 Å². The molecular weight excluding hydrogens is 192 g/mol. The molecule has 2 aromatic rings. The molecule has 1 heterocycles. The predicted octanol–water partition coefficient (Wildman–Crippen LogP) is 1.13. The third-order valence-corrected chi connectivity index (χ3v) is 1.99. The first-order valence-electron chi connectivity index (χ1n) is 4.40. The highest BCUT2D eigenvalue weighted by atomic mass is 16.3. The normalized spacial score (nSPS) is 9.93. The number of hydrogen-bond donors (Lipinski definition) is 3. The van der Waals surface area contributed by atoms with E-state index >= 15 is 0 Å². The lowest BCUT2D eigenvalue weighted by Gasteiger charge is -2.03. The summed E-state index contributed by atoms with van der Waals surface area (Å²) in [6, 6.07) is 10.4. The van der Waals surface area contributed by atoms with Gasteiger partial charge < -0.3 is 10.5 Å². The van der Waals surface area contributed by atoms with Crippen LogP contribution in [0, 0.1) is 0 Å². The number of benzene rings is 1. The fourth-order valence-corrected chi connectivity index (χ4v) is 1.24. The number of phenolic OH excluding ortho intramolecular Hbond substituents is 1. The van der Waals surface area contributed by atoms with E-state index in [1.165, 1.54) is 0 Å². The first-order valence-corrected chi connectivity index (χ1v) is 4.40. The summed E-state index contributed by atoms with van der Waals surface area (Å²) in [6.45, 7) is 0. The van der Waals surface area contributed by atoms with Gasteiger partial charge in [-0.15, -0.1) is 10.2 Å². The molecule has 0 radical (unpaired) electrons. The summed E-state index contributed by atoms with van der Waals surface area (Å²) in [7, 11) is 0. The number of phenols is 1. The monoisotopic (exact) mass is 202 g/mol. The minimum atomic E-state index is 0.181. The van der Waals surface area contributed by atoms with Crippen molar-refractivity contribution in [2.75, 3.05) is 5.43 Å². The van der Waals surface area contributed by atoms with Gasteiger partial charge in [0.15, 0.2) is 5.82 Å². The van der Waals surface area contributed by atoms with Gasteiger partial charge in [0.1, 0.15) is 5.75 Å². The van der Waals surface area contributed by atoms with Crippen LogP contribution in [-0.4, -0.2) is 15.3 Å². The topological polar surface area (TPSA) is 84.1 Å². The third kappa shape index (κ3) is 1.87. The molecule has 76 valence electrons. The lowest BCUT2D eigenvalue weighted by Crippen LogP contribution is -2.08. The van der Waals surface area contributed by atoms with Crippen molar-refractivity contribution in [3.05, 3.63) is 36.4 Å². The molecule has 0 unspecified atom stereocenters. The van der Waals surface area contributed by atoms with Gasteiger partial charge in [-0.25, -0.2) is 5.84 Å². The van der Waals surface area contributed by atoms with E-state index in [0.717, 1.165) is 0 Å². The van der Waals surface area contributed by atoms with Crippen molar-refractivity contribution in [3.8, 4) is 17.0 Å². The van der Waals surface area contributed by atoms with Crippen LogP contribution in [0.1, 0.15) is 0 Å². The second-order valence-electron chi connectivity index (χ2n) is 2.97. The zero-order chi connectivity index (χ0) is 10.7. The van der Waals surface area contributed by atoms with Gasteiger partial charge in [0, 0.05) is 5.56 Å². The lowest BCUT2D eigenvalue weighted by molar-refractivity contribution is 0.477. The van der Waals surface area contributed by atoms with Crippen LogP contribution < -0.4 is 11.3 Å². The maximum Gasteiger partial charge on any atom is 0.162 e. The molecule has 15 heavy (non-hydrogen) atoms. The minimum Gasteiger partial charge on any atom is -0.507 e. The van der Waals surface area contributed by atoms with Crippen molar-refractivity contribution in [2.45, 2.75) is 0 Å². The zero-order valence-corrected chi connectivity index (χ0v) is 7.88. The van der Waals surface area contributed by atoms with Crippen LogP contribution in [0.3, 0.4) is 0 Å². The fraction of sp³-hybridized carbons (Fsp3) is 0. The summed E-state index contributed by atoms with van der Waals surface area (Å²) in [5, 5.41) is 17.3. The number of nitrogens with zero attached hydrogens (tertiary/aromatic N) is 2. The average molecular weight is 202 g/mol. The molecular formula is C10H10N4O. The molecule has 0 spiro atoms. The molecule has 2 rings (SSSR count). The second kappa shape index (κ2) is 3.93. The first kappa shape index (κ1) is 9.42. The summed E-state index contributed by atoms with van der Waals surface area (Å²) < 4.78 is 0. The first-order chi connectivity index (χ1) is 7.31. The van der Waals surface area contributed by atoms with E-state index in [1.807, 2.05) is 6.07 Å². The van der Waals surface area contributed by atoms with Crippen molar-refractivity contribution >= 4 is 5.82 Å². The maximum absolute atomic E-state index is 9.58. The Morgan fingerprint density at radius 3 is 2.47 bits per heavy atom. The lowest BCUT2D eigenvalue weighted by atomic mass is 10.1. The van der Waals surface area contributed by atoms with E-state index in [4.69, 9.17) is 5.84 Å². The second-order valence-corrected chi connectivity index (χ2v) is 2.97. The number of nitrogen functional groups attached to an aromatic ring is 1. The SMILES string of the molecule is NNc1ccc(-c2ccccc2O)nn1. The van der Waals surface area contributed by atoms with Gasteiger partial charge in [-0.05, 0) is 24.3 Å². The molecule has 0 atom stereocenters. The van der Waals surface area contributed by atoms with Crippen LogP contribution >= 0.6 is 0 Å². The summed E-state index contributed by atoms with van der Waals surface area (Å²) in [4.78, 5) is 0. The molecule has 1 aromatic heterocycles. The van der Waals surface area contributed by atoms with Crippen LogP contribution in [0.15, 0.2) is 36.4 Å². The number of aromatic nitrogens is 2. The molecule has 0 aliphatic rings. The van der Waals surface area contributed by atoms with Gasteiger partial charge in [0.2, 0.25) is 0 Å². The molecule has 0 saturated heterocycles. The molecule has 0 amide bonds. The van der Waals surface area contributed by atoms with Crippen molar-refractivity contribution in [1.82, 2.24) is 10.2 Å². The number of nitrogens with one attached hydrogen (secondary N) is 1. The van der Waals surface area contributed by atoms with Crippen molar-refractivity contribution in [1.29, 1.82) is 0 Å².